The van der Waals surface area contributed by atoms with Gasteiger partial charge in [-0.3, -0.25) is 19.0 Å². The molecule has 4 aromatic rings. The van der Waals surface area contributed by atoms with Gasteiger partial charge in [0.25, 0.3) is 11.5 Å². The molecule has 0 aliphatic carbocycles. The highest BCUT2D eigenvalue weighted by molar-refractivity contribution is 7.21. The summed E-state index contributed by atoms with van der Waals surface area (Å²) in [5.74, 6) is -0.0251. The lowest BCUT2D eigenvalue weighted by atomic mass is 10.0. The van der Waals surface area contributed by atoms with Gasteiger partial charge >= 0.3 is 0 Å². The molecule has 5 rings (SSSR count). The number of amides is 1. The minimum absolute atomic E-state index is 0.0522. The van der Waals surface area contributed by atoms with Crippen LogP contribution >= 0.6 is 11.3 Å². The van der Waals surface area contributed by atoms with Crippen molar-refractivity contribution in [1.82, 2.24) is 9.55 Å². The van der Waals surface area contributed by atoms with Crippen molar-refractivity contribution in [3.05, 3.63) is 76.8 Å². The van der Waals surface area contributed by atoms with E-state index in [9.17, 15) is 14.4 Å². The van der Waals surface area contributed by atoms with Gasteiger partial charge in [-0.05, 0) is 36.8 Å². The highest BCUT2D eigenvalue weighted by Crippen LogP contribution is 2.32. The number of fused-ring (bicyclic) bond motifs is 2. The van der Waals surface area contributed by atoms with Crippen molar-refractivity contribution in [2.24, 2.45) is 0 Å². The summed E-state index contributed by atoms with van der Waals surface area (Å²) in [4.78, 5) is 43.8. The van der Waals surface area contributed by atoms with E-state index >= 15 is 0 Å². The summed E-state index contributed by atoms with van der Waals surface area (Å²) in [7, 11) is 0. The van der Waals surface area contributed by atoms with Crippen LogP contribution in [0, 0.1) is 0 Å². The fourth-order valence-electron chi connectivity index (χ4n) is 3.56. The topological polar surface area (TPSA) is 90.3 Å². The van der Waals surface area contributed by atoms with Gasteiger partial charge in [-0.2, -0.15) is 0 Å². The number of Topliss-reactive ketones (excluding diaryl/α,β-unsaturated/α-hetero) is 1. The van der Waals surface area contributed by atoms with E-state index in [0.29, 0.717) is 27.2 Å². The number of carbonyl (C=O) groups is 2. The van der Waals surface area contributed by atoms with Crippen LogP contribution in [0.1, 0.15) is 23.3 Å². The maximum absolute atomic E-state index is 13.1. The van der Waals surface area contributed by atoms with E-state index in [-0.39, 0.29) is 23.9 Å². The molecule has 0 radical (unpaired) electrons. The van der Waals surface area contributed by atoms with E-state index < -0.39 is 6.04 Å². The molecule has 0 fully saturated rings. The lowest BCUT2D eigenvalue weighted by Gasteiger charge is -2.19. The Labute approximate surface area is 180 Å². The quantitative estimate of drug-likeness (QED) is 0.495. The Hall–Kier alpha value is -3.78. The molecular formula is C23H17N3O4S. The van der Waals surface area contributed by atoms with Crippen LogP contribution in [-0.2, 0) is 4.79 Å². The van der Waals surface area contributed by atoms with E-state index in [1.807, 2.05) is 36.4 Å². The second kappa shape index (κ2) is 7.48. The zero-order valence-electron chi connectivity index (χ0n) is 16.5. The Morgan fingerprint density at radius 3 is 2.77 bits per heavy atom. The van der Waals surface area contributed by atoms with E-state index in [2.05, 4.69) is 10.3 Å². The summed E-state index contributed by atoms with van der Waals surface area (Å²) in [6.07, 6.45) is 1.42. The molecule has 154 valence electrons. The molecule has 3 heterocycles. The lowest BCUT2D eigenvalue weighted by Crippen LogP contribution is -2.29. The molecule has 2 aromatic carbocycles. The number of anilines is 1. The minimum atomic E-state index is -0.761. The summed E-state index contributed by atoms with van der Waals surface area (Å²) in [5.41, 5.74) is 1.57. The number of ketones is 1. The van der Waals surface area contributed by atoms with Crippen molar-refractivity contribution in [2.75, 3.05) is 11.9 Å². The Bertz CT molecular complexity index is 1390. The molecule has 1 aliphatic rings. The third-order valence-corrected chi connectivity index (χ3v) is 6.32. The number of rotatable bonds is 4. The normalized spacial score (nSPS) is 13.9. The van der Waals surface area contributed by atoms with Crippen LogP contribution in [-0.4, -0.2) is 27.8 Å². The van der Waals surface area contributed by atoms with Crippen LogP contribution in [0.5, 0.6) is 5.75 Å². The molecule has 0 saturated carbocycles. The molecular weight excluding hydrogens is 414 g/mol. The van der Waals surface area contributed by atoms with Gasteiger partial charge in [0.05, 0.1) is 23.4 Å². The van der Waals surface area contributed by atoms with Crippen molar-refractivity contribution >= 4 is 38.9 Å². The van der Waals surface area contributed by atoms with E-state index in [0.717, 1.165) is 10.4 Å². The van der Waals surface area contributed by atoms with Crippen molar-refractivity contribution in [2.45, 2.75) is 13.0 Å². The SMILES string of the molecule is CC(C(=O)c1ccc2c(c1)NC(=O)CO2)n1cnc2sc(-c3ccccc3)cc2c1=O. The first-order chi connectivity index (χ1) is 15.0. The van der Waals surface area contributed by atoms with Gasteiger partial charge in [0.1, 0.15) is 10.6 Å². The maximum Gasteiger partial charge on any atom is 0.262 e. The molecule has 1 amide bonds. The summed E-state index contributed by atoms with van der Waals surface area (Å²) in [5, 5.41) is 3.18. The fraction of sp³-hybridized carbons (Fsp3) is 0.130. The van der Waals surface area contributed by atoms with Crippen LogP contribution in [0.15, 0.2) is 65.7 Å². The predicted molar refractivity (Wildman–Crippen MR) is 119 cm³/mol. The highest BCUT2D eigenvalue weighted by Gasteiger charge is 2.23. The van der Waals surface area contributed by atoms with Crippen LogP contribution in [0.2, 0.25) is 0 Å². The zero-order valence-corrected chi connectivity index (χ0v) is 17.3. The van der Waals surface area contributed by atoms with Crippen LogP contribution < -0.4 is 15.6 Å². The Kier molecular flexibility index (Phi) is 4.63. The molecule has 8 heteroatoms. The minimum Gasteiger partial charge on any atom is -0.482 e. The number of aromatic nitrogens is 2. The number of nitrogens with one attached hydrogen (secondary N) is 1. The molecule has 1 unspecified atom stereocenters. The lowest BCUT2D eigenvalue weighted by molar-refractivity contribution is -0.118. The summed E-state index contributed by atoms with van der Waals surface area (Å²) >= 11 is 1.44. The highest BCUT2D eigenvalue weighted by atomic mass is 32.1. The first kappa shape index (κ1) is 19.2. The van der Waals surface area contributed by atoms with Gasteiger partial charge in [-0.25, -0.2) is 4.98 Å². The molecule has 1 atom stereocenters. The largest absolute Gasteiger partial charge is 0.482 e. The third-order valence-electron chi connectivity index (χ3n) is 5.23. The number of benzene rings is 2. The molecule has 0 saturated heterocycles. The number of hydrogen-bond acceptors (Lipinski definition) is 6. The number of ether oxygens (including phenoxy) is 1. The Morgan fingerprint density at radius 1 is 1.16 bits per heavy atom. The first-order valence-corrected chi connectivity index (χ1v) is 10.5. The molecule has 0 bridgehead atoms. The standard InChI is InChI=1S/C23H17N3O4S/c1-13(21(28)15-7-8-18-17(9-15)25-20(27)11-30-18)26-12-24-22-16(23(26)29)10-19(31-22)14-5-3-2-4-6-14/h2-10,12-13H,11H2,1H3,(H,25,27). The third kappa shape index (κ3) is 3.40. The predicted octanol–water partition coefficient (Wildman–Crippen LogP) is 3.90. The van der Waals surface area contributed by atoms with Crippen LogP contribution in [0.3, 0.4) is 0 Å². The second-order valence-corrected chi connectivity index (χ2v) is 8.27. The van der Waals surface area contributed by atoms with Gasteiger partial charge in [0.2, 0.25) is 0 Å². The van der Waals surface area contributed by atoms with Gasteiger partial charge < -0.3 is 10.1 Å². The number of nitrogens with zero attached hydrogens (tertiary/aromatic N) is 2. The smallest absolute Gasteiger partial charge is 0.262 e. The van der Waals surface area contributed by atoms with Crippen molar-refractivity contribution in [3.63, 3.8) is 0 Å². The number of hydrogen-bond donors (Lipinski definition) is 1. The average molecular weight is 431 g/mol. The second-order valence-electron chi connectivity index (χ2n) is 7.24. The maximum atomic E-state index is 13.1. The van der Waals surface area contributed by atoms with Crippen LogP contribution in [0.25, 0.3) is 20.7 Å². The summed E-state index contributed by atoms with van der Waals surface area (Å²) < 4.78 is 6.68. The van der Waals surface area contributed by atoms with Gasteiger partial charge in [-0.15, -0.1) is 11.3 Å². The number of thiophene rings is 1. The number of carbonyl (C=O) groups excluding carboxylic acids is 2. The first-order valence-electron chi connectivity index (χ1n) is 9.68. The molecule has 1 N–H and O–H groups in total. The van der Waals surface area contributed by atoms with E-state index in [1.165, 1.54) is 22.2 Å². The van der Waals surface area contributed by atoms with Crippen molar-refractivity contribution in [3.8, 4) is 16.2 Å². The summed E-state index contributed by atoms with van der Waals surface area (Å²) in [6, 6.07) is 15.7. The van der Waals surface area contributed by atoms with E-state index in [4.69, 9.17) is 4.74 Å². The van der Waals surface area contributed by atoms with Crippen molar-refractivity contribution in [1.29, 1.82) is 0 Å². The van der Waals surface area contributed by atoms with Crippen molar-refractivity contribution < 1.29 is 14.3 Å². The average Bonchev–Trinajstić information content (AvgIpc) is 3.24. The summed E-state index contributed by atoms with van der Waals surface area (Å²) in [6.45, 7) is 1.61. The molecule has 0 spiro atoms. The fourth-order valence-corrected chi connectivity index (χ4v) is 4.56. The van der Waals surface area contributed by atoms with Gasteiger partial charge in [-0.1, -0.05) is 30.3 Å². The van der Waals surface area contributed by atoms with Gasteiger partial charge in [0.15, 0.2) is 12.4 Å². The molecule has 31 heavy (non-hydrogen) atoms. The Morgan fingerprint density at radius 2 is 1.97 bits per heavy atom. The Balaban J connectivity index is 1.49. The molecule has 7 nitrogen and oxygen atoms in total. The molecule has 2 aromatic heterocycles. The van der Waals surface area contributed by atoms with Gasteiger partial charge in [0, 0.05) is 10.4 Å². The van der Waals surface area contributed by atoms with Crippen LogP contribution in [0.4, 0.5) is 5.69 Å². The zero-order chi connectivity index (χ0) is 21.5. The van der Waals surface area contributed by atoms with E-state index in [1.54, 1.807) is 25.1 Å². The monoisotopic (exact) mass is 431 g/mol. The molecule has 1 aliphatic heterocycles.